The molecule has 0 saturated heterocycles. The molecule has 2 aromatic carbocycles. The molecule has 4 rings (SSSR count). The van der Waals surface area contributed by atoms with Gasteiger partial charge in [0.1, 0.15) is 6.04 Å². The average molecular weight is 520 g/mol. The van der Waals surface area contributed by atoms with Gasteiger partial charge in [0.25, 0.3) is 0 Å². The standard InChI is InChI=1S/C32H45N3O3/c1-23(2)31(36)28-11-10-26-15-18-35(19-16-27(26)20-28)17-14-24-8-12-29(13-9-24)34-30(32(33)37)22-38-21-25-6-4-3-5-7-25/h3-7,10-11,20,23-24,29-30,34H,8-9,12-19,21-22H2,1-2H3,(H2,33,37)/t24-,29-,30-/m0/s1. The lowest BCUT2D eigenvalue weighted by Gasteiger charge is -2.32. The molecule has 2 aliphatic rings. The SMILES string of the molecule is CC(C)C(=O)c1ccc2c(c1)CCN(CC[C@H]1CC[C@H](N[C@@H](COCc3ccccc3)C(N)=O)CC1)CC2. The zero-order chi connectivity index (χ0) is 26.9. The van der Waals surface area contributed by atoms with Gasteiger partial charge in [-0.3, -0.25) is 9.59 Å². The summed E-state index contributed by atoms with van der Waals surface area (Å²) in [4.78, 5) is 27.0. The number of nitrogens with one attached hydrogen (secondary N) is 1. The number of hydrogen-bond donors (Lipinski definition) is 2. The number of ketones is 1. The van der Waals surface area contributed by atoms with E-state index >= 15 is 0 Å². The highest BCUT2D eigenvalue weighted by atomic mass is 16.5. The summed E-state index contributed by atoms with van der Waals surface area (Å²) >= 11 is 0. The van der Waals surface area contributed by atoms with Crippen LogP contribution in [0.1, 0.15) is 73.0 Å². The molecule has 1 fully saturated rings. The molecule has 0 unspecified atom stereocenters. The lowest BCUT2D eigenvalue weighted by molar-refractivity contribution is -0.122. The first-order valence-electron chi connectivity index (χ1n) is 14.4. The molecule has 6 heteroatoms. The van der Waals surface area contributed by atoms with Crippen molar-refractivity contribution in [3.05, 3.63) is 70.8 Å². The summed E-state index contributed by atoms with van der Waals surface area (Å²) in [6.07, 6.45) is 7.82. The number of nitrogens with zero attached hydrogens (tertiary/aromatic N) is 1. The maximum absolute atomic E-state index is 12.4. The second kappa shape index (κ2) is 14.0. The minimum atomic E-state index is -0.449. The van der Waals surface area contributed by atoms with Crippen molar-refractivity contribution in [1.29, 1.82) is 0 Å². The van der Waals surface area contributed by atoms with E-state index < -0.39 is 6.04 Å². The Morgan fingerprint density at radius 3 is 2.39 bits per heavy atom. The lowest BCUT2D eigenvalue weighted by atomic mass is 9.83. The van der Waals surface area contributed by atoms with Crippen molar-refractivity contribution < 1.29 is 14.3 Å². The summed E-state index contributed by atoms with van der Waals surface area (Å²) in [6.45, 7) is 8.00. The van der Waals surface area contributed by atoms with Gasteiger partial charge < -0.3 is 20.7 Å². The number of Topliss-reactive ketones (excluding diaryl/α,β-unsaturated/α-hetero) is 1. The monoisotopic (exact) mass is 519 g/mol. The first-order valence-corrected chi connectivity index (χ1v) is 14.4. The van der Waals surface area contributed by atoms with Crippen molar-refractivity contribution in [2.45, 2.75) is 77.5 Å². The van der Waals surface area contributed by atoms with E-state index in [9.17, 15) is 9.59 Å². The zero-order valence-electron chi connectivity index (χ0n) is 23.2. The van der Waals surface area contributed by atoms with E-state index in [4.69, 9.17) is 10.5 Å². The highest BCUT2D eigenvalue weighted by Crippen LogP contribution is 2.28. The van der Waals surface area contributed by atoms with E-state index in [-0.39, 0.29) is 17.6 Å². The van der Waals surface area contributed by atoms with Crippen LogP contribution in [0.4, 0.5) is 0 Å². The van der Waals surface area contributed by atoms with Crippen molar-refractivity contribution in [3.8, 4) is 0 Å². The van der Waals surface area contributed by atoms with E-state index in [0.29, 0.717) is 19.3 Å². The van der Waals surface area contributed by atoms with Gasteiger partial charge in [-0.1, -0.05) is 56.3 Å². The molecule has 1 atom stereocenters. The van der Waals surface area contributed by atoms with E-state index in [1.807, 2.05) is 50.2 Å². The quantitative estimate of drug-likeness (QED) is 0.403. The summed E-state index contributed by atoms with van der Waals surface area (Å²) in [7, 11) is 0. The largest absolute Gasteiger partial charge is 0.375 e. The van der Waals surface area contributed by atoms with Gasteiger partial charge in [0, 0.05) is 30.6 Å². The molecule has 38 heavy (non-hydrogen) atoms. The number of hydrogen-bond acceptors (Lipinski definition) is 5. The highest BCUT2D eigenvalue weighted by Gasteiger charge is 2.26. The fourth-order valence-corrected chi connectivity index (χ4v) is 5.83. The van der Waals surface area contributed by atoms with E-state index in [2.05, 4.69) is 22.3 Å². The number of carbonyl (C=O) groups is 2. The normalized spacial score (nSPS) is 21.0. The Hall–Kier alpha value is -2.54. The third-order valence-corrected chi connectivity index (χ3v) is 8.29. The molecule has 1 aliphatic carbocycles. The molecule has 0 aromatic heterocycles. The smallest absolute Gasteiger partial charge is 0.236 e. The highest BCUT2D eigenvalue weighted by molar-refractivity contribution is 5.97. The van der Waals surface area contributed by atoms with Gasteiger partial charge in [-0.2, -0.15) is 0 Å². The first kappa shape index (κ1) is 28.5. The van der Waals surface area contributed by atoms with Crippen LogP contribution in [0.15, 0.2) is 48.5 Å². The number of nitrogens with two attached hydrogens (primary N) is 1. The number of carbonyl (C=O) groups excluding carboxylic acids is 2. The van der Waals surface area contributed by atoms with Crippen molar-refractivity contribution in [3.63, 3.8) is 0 Å². The molecular weight excluding hydrogens is 474 g/mol. The van der Waals surface area contributed by atoms with Crippen LogP contribution >= 0.6 is 0 Å². The van der Waals surface area contributed by atoms with Crippen LogP contribution in [-0.4, -0.2) is 54.9 Å². The number of amides is 1. The topological polar surface area (TPSA) is 84.7 Å². The number of ether oxygens (including phenoxy) is 1. The predicted molar refractivity (Wildman–Crippen MR) is 152 cm³/mol. The fraction of sp³-hybridized carbons (Fsp3) is 0.562. The lowest BCUT2D eigenvalue weighted by Crippen LogP contribution is -2.50. The van der Waals surface area contributed by atoms with Gasteiger partial charge in [-0.15, -0.1) is 0 Å². The van der Waals surface area contributed by atoms with Crippen molar-refractivity contribution >= 4 is 11.7 Å². The minimum absolute atomic E-state index is 0.0373. The molecule has 1 saturated carbocycles. The Kier molecular flexibility index (Phi) is 10.5. The number of rotatable bonds is 12. The average Bonchev–Trinajstić information content (AvgIpc) is 3.14. The molecule has 6 nitrogen and oxygen atoms in total. The molecule has 0 spiro atoms. The van der Waals surface area contributed by atoms with Gasteiger partial charge in [0.15, 0.2) is 5.78 Å². The van der Waals surface area contributed by atoms with Crippen LogP contribution in [0.3, 0.4) is 0 Å². The van der Waals surface area contributed by atoms with Crippen LogP contribution in [-0.2, 0) is 29.0 Å². The van der Waals surface area contributed by atoms with Gasteiger partial charge in [0.05, 0.1) is 13.2 Å². The molecule has 0 bridgehead atoms. The minimum Gasteiger partial charge on any atom is -0.375 e. The third kappa shape index (κ3) is 8.23. The second-order valence-corrected chi connectivity index (χ2v) is 11.5. The van der Waals surface area contributed by atoms with Crippen molar-refractivity contribution in [2.75, 3.05) is 26.2 Å². The molecule has 3 N–H and O–H groups in total. The molecule has 1 amide bonds. The summed E-state index contributed by atoms with van der Waals surface area (Å²) in [5.41, 5.74) is 10.4. The van der Waals surface area contributed by atoms with Gasteiger partial charge >= 0.3 is 0 Å². The van der Waals surface area contributed by atoms with E-state index in [0.717, 1.165) is 62.4 Å². The van der Waals surface area contributed by atoms with Gasteiger partial charge in [-0.05, 0) is 80.2 Å². The summed E-state index contributed by atoms with van der Waals surface area (Å²) in [5.74, 6) is 0.662. The van der Waals surface area contributed by atoms with Gasteiger partial charge in [-0.25, -0.2) is 0 Å². The molecule has 206 valence electrons. The van der Waals surface area contributed by atoms with E-state index in [1.165, 1.54) is 30.4 Å². The maximum atomic E-state index is 12.4. The van der Waals surface area contributed by atoms with Gasteiger partial charge in [0.2, 0.25) is 5.91 Å². The fourth-order valence-electron chi connectivity index (χ4n) is 5.83. The zero-order valence-corrected chi connectivity index (χ0v) is 23.2. The van der Waals surface area contributed by atoms with E-state index in [1.54, 1.807) is 0 Å². The Bertz CT molecular complexity index is 1050. The first-order chi connectivity index (χ1) is 18.4. The van der Waals surface area contributed by atoms with Crippen LogP contribution in [0, 0.1) is 11.8 Å². The Labute approximate surface area is 228 Å². The molecule has 0 radical (unpaired) electrons. The van der Waals surface area contributed by atoms with Crippen molar-refractivity contribution in [1.82, 2.24) is 10.2 Å². The summed E-state index contributed by atoms with van der Waals surface area (Å²) < 4.78 is 5.79. The Morgan fingerprint density at radius 2 is 1.71 bits per heavy atom. The number of benzene rings is 2. The van der Waals surface area contributed by atoms with Crippen LogP contribution in [0.5, 0.6) is 0 Å². The Morgan fingerprint density at radius 1 is 1.00 bits per heavy atom. The molecule has 1 aliphatic heterocycles. The number of fused-ring (bicyclic) bond motifs is 1. The summed E-state index contributed by atoms with van der Waals surface area (Å²) in [5, 5.41) is 3.47. The third-order valence-electron chi connectivity index (χ3n) is 8.29. The summed E-state index contributed by atoms with van der Waals surface area (Å²) in [6, 6.07) is 16.2. The Balaban J connectivity index is 1.16. The van der Waals surface area contributed by atoms with Crippen LogP contribution in [0.2, 0.25) is 0 Å². The molecular formula is C32H45N3O3. The molecule has 1 heterocycles. The second-order valence-electron chi connectivity index (χ2n) is 11.5. The van der Waals surface area contributed by atoms with Crippen molar-refractivity contribution in [2.24, 2.45) is 17.6 Å². The van der Waals surface area contributed by atoms with Crippen LogP contribution < -0.4 is 11.1 Å². The maximum Gasteiger partial charge on any atom is 0.236 e. The van der Waals surface area contributed by atoms with Crippen LogP contribution in [0.25, 0.3) is 0 Å². The predicted octanol–water partition coefficient (Wildman–Crippen LogP) is 4.54. The number of primary amides is 1. The molecule has 2 aromatic rings.